The number of amides is 2. The predicted molar refractivity (Wildman–Crippen MR) is 85.7 cm³/mol. The summed E-state index contributed by atoms with van der Waals surface area (Å²) in [5, 5.41) is 2.55. The molecule has 2 heterocycles. The lowest BCUT2D eigenvalue weighted by Crippen LogP contribution is -2.36. The van der Waals surface area contributed by atoms with Crippen LogP contribution in [0, 0.1) is 5.82 Å². The van der Waals surface area contributed by atoms with Crippen molar-refractivity contribution in [2.24, 2.45) is 0 Å². The molecule has 3 rings (SSSR count). The fourth-order valence-corrected chi connectivity index (χ4v) is 2.51. The molecule has 0 unspecified atom stereocenters. The van der Waals surface area contributed by atoms with Crippen LogP contribution < -0.4 is 15.1 Å². The molecule has 2 saturated heterocycles. The molecule has 0 spiro atoms. The Hall–Kier alpha value is -2.35. The summed E-state index contributed by atoms with van der Waals surface area (Å²) in [5.41, 5.74) is 0.248. The van der Waals surface area contributed by atoms with Crippen LogP contribution in [0.5, 0.6) is 0 Å². The maximum Gasteiger partial charge on any atom is 0.414 e. The molecule has 2 aliphatic heterocycles. The molecule has 0 saturated carbocycles. The monoisotopic (exact) mass is 341 g/mol. The molecular weight excluding hydrogens is 317 g/mol. The minimum absolute atomic E-state index is 0.00200. The molecule has 8 heteroatoms. The Kier molecular flexibility index (Phi) is 3.54. The summed E-state index contributed by atoms with van der Waals surface area (Å²) in [4.78, 5) is 25.5. The van der Waals surface area contributed by atoms with E-state index in [4.69, 9.17) is 15.0 Å². The van der Waals surface area contributed by atoms with Gasteiger partial charge in [0.2, 0.25) is 5.91 Å². The van der Waals surface area contributed by atoms with Gasteiger partial charge in [0.05, 0.1) is 43.1 Å². The second-order valence-corrected chi connectivity index (χ2v) is 5.44. The molecule has 0 aromatic heterocycles. The van der Waals surface area contributed by atoms with Crippen molar-refractivity contribution in [2.45, 2.75) is 13.0 Å². The molecular formula is C16H20FN3O4. The number of benzene rings is 1. The number of nitrogens with zero attached hydrogens (tertiary/aromatic N) is 2. The molecule has 2 fully saturated rings. The number of ether oxygens (including phenoxy) is 2. The maximum atomic E-state index is 14.7. The van der Waals surface area contributed by atoms with E-state index in [1.807, 2.05) is 0 Å². The molecule has 2 aliphatic rings. The molecule has 1 N–H and O–H groups in total. The third kappa shape index (κ3) is 3.59. The zero-order valence-electron chi connectivity index (χ0n) is 17.0. The van der Waals surface area contributed by atoms with E-state index in [9.17, 15) is 14.0 Å². The van der Waals surface area contributed by atoms with Crippen LogP contribution in [0.25, 0.3) is 0 Å². The molecule has 1 atom stereocenters. The van der Waals surface area contributed by atoms with Gasteiger partial charge >= 0.3 is 6.09 Å². The topological polar surface area (TPSA) is 71.1 Å². The Morgan fingerprint density at radius 2 is 2.21 bits per heavy atom. The van der Waals surface area contributed by atoms with E-state index in [0.717, 1.165) is 6.07 Å². The second kappa shape index (κ2) is 7.04. The van der Waals surface area contributed by atoms with Gasteiger partial charge in [0.25, 0.3) is 0 Å². The highest BCUT2D eigenvalue weighted by molar-refractivity contribution is 5.90. The first-order chi connectivity index (χ1) is 13.0. The summed E-state index contributed by atoms with van der Waals surface area (Å²) in [7, 11) is 0. The first-order valence-corrected chi connectivity index (χ1v) is 7.43. The van der Waals surface area contributed by atoms with E-state index < -0.39 is 31.1 Å². The first kappa shape index (κ1) is 12.1. The minimum atomic E-state index is -2.28. The lowest BCUT2D eigenvalue weighted by molar-refractivity contribution is -0.119. The first-order valence-electron chi connectivity index (χ1n) is 9.43. The van der Waals surface area contributed by atoms with Crippen molar-refractivity contribution >= 4 is 23.4 Å². The molecule has 0 aliphatic carbocycles. The van der Waals surface area contributed by atoms with Crippen LogP contribution in [-0.2, 0) is 14.3 Å². The highest BCUT2D eigenvalue weighted by Gasteiger charge is 2.32. The number of anilines is 2. The van der Waals surface area contributed by atoms with Crippen molar-refractivity contribution in [2.75, 3.05) is 49.1 Å². The Balaban J connectivity index is 1.76. The number of halogens is 1. The standard InChI is InChI=1S/C16H20FN3O4/c1-11(21)18-9-13-10-20(16(22)24-13)12-2-3-15(14(17)8-12)19-4-6-23-7-5-19/h2-3,8,13H,4-7,9-10H2,1H3,(H,18,21)/t13-/m0/s1/i6D2,7D2. The van der Waals surface area contributed by atoms with Gasteiger partial charge in [-0.1, -0.05) is 0 Å². The molecule has 1 aromatic rings. The van der Waals surface area contributed by atoms with E-state index >= 15 is 0 Å². The molecule has 7 nitrogen and oxygen atoms in total. The summed E-state index contributed by atoms with van der Waals surface area (Å²) in [5.74, 6) is -0.987. The van der Waals surface area contributed by atoms with Crippen molar-refractivity contribution in [1.29, 1.82) is 0 Å². The van der Waals surface area contributed by atoms with Crippen molar-refractivity contribution in [1.82, 2.24) is 5.32 Å². The fraction of sp³-hybridized carbons (Fsp3) is 0.500. The van der Waals surface area contributed by atoms with Crippen LogP contribution >= 0.6 is 0 Å². The van der Waals surface area contributed by atoms with Gasteiger partial charge in [-0.3, -0.25) is 9.69 Å². The van der Waals surface area contributed by atoms with Gasteiger partial charge in [0, 0.05) is 20.0 Å². The molecule has 0 bridgehead atoms. The largest absolute Gasteiger partial charge is 0.442 e. The summed E-state index contributed by atoms with van der Waals surface area (Å²) in [6.45, 7) is -3.60. The lowest BCUT2D eigenvalue weighted by Gasteiger charge is -2.29. The smallest absolute Gasteiger partial charge is 0.414 e. The third-order valence-corrected chi connectivity index (χ3v) is 3.69. The zero-order chi connectivity index (χ0) is 20.7. The quantitative estimate of drug-likeness (QED) is 0.889. The second-order valence-electron chi connectivity index (χ2n) is 5.44. The number of morpholine rings is 1. The number of carbonyl (C=O) groups is 2. The number of rotatable bonds is 4. The average Bonchev–Trinajstić information content (AvgIpc) is 2.90. The Bertz CT molecular complexity index is 779. The van der Waals surface area contributed by atoms with Gasteiger partial charge in [-0.15, -0.1) is 0 Å². The van der Waals surface area contributed by atoms with Gasteiger partial charge in [-0.2, -0.15) is 0 Å². The Labute approximate surface area is 144 Å². The van der Waals surface area contributed by atoms with Crippen LogP contribution in [0.1, 0.15) is 12.4 Å². The van der Waals surface area contributed by atoms with Gasteiger partial charge in [-0.25, -0.2) is 9.18 Å². The minimum Gasteiger partial charge on any atom is -0.442 e. The van der Waals surface area contributed by atoms with Crippen molar-refractivity contribution in [3.8, 4) is 0 Å². The normalized spacial score (nSPS) is 27.6. The Morgan fingerprint density at radius 1 is 1.46 bits per heavy atom. The van der Waals surface area contributed by atoms with Gasteiger partial charge in [0.15, 0.2) is 0 Å². The number of nitrogens with one attached hydrogen (secondary N) is 1. The summed E-state index contributed by atoms with van der Waals surface area (Å²) in [6.07, 6.45) is -1.22. The van der Waals surface area contributed by atoms with Crippen LogP contribution in [0.15, 0.2) is 18.2 Å². The van der Waals surface area contributed by atoms with Crippen LogP contribution in [0.4, 0.5) is 20.6 Å². The van der Waals surface area contributed by atoms with E-state index in [0.29, 0.717) is 0 Å². The van der Waals surface area contributed by atoms with Gasteiger partial charge in [-0.05, 0) is 18.2 Å². The van der Waals surface area contributed by atoms with Crippen molar-refractivity contribution in [3.05, 3.63) is 24.0 Å². The number of carbonyl (C=O) groups excluding carboxylic acids is 2. The summed E-state index contributed by atoms with van der Waals surface area (Å²) in [6, 6.07) is 3.94. The van der Waals surface area contributed by atoms with E-state index in [1.54, 1.807) is 0 Å². The highest BCUT2D eigenvalue weighted by atomic mass is 19.1. The molecule has 0 radical (unpaired) electrons. The maximum absolute atomic E-state index is 14.7. The van der Waals surface area contributed by atoms with E-state index in [-0.39, 0.29) is 43.5 Å². The van der Waals surface area contributed by atoms with Crippen molar-refractivity contribution in [3.63, 3.8) is 0 Å². The summed E-state index contributed by atoms with van der Waals surface area (Å²) >= 11 is 0. The van der Waals surface area contributed by atoms with Gasteiger partial charge in [0.1, 0.15) is 11.9 Å². The zero-order valence-corrected chi connectivity index (χ0v) is 13.0. The predicted octanol–water partition coefficient (Wildman–Crippen LogP) is 1.12. The molecule has 2 amide bonds. The fourth-order valence-electron chi connectivity index (χ4n) is 2.51. The molecule has 130 valence electrons. The Morgan fingerprint density at radius 3 is 2.88 bits per heavy atom. The van der Waals surface area contributed by atoms with Gasteiger partial charge < -0.3 is 19.7 Å². The number of hydrogen-bond acceptors (Lipinski definition) is 5. The number of hydrogen-bond donors (Lipinski definition) is 1. The number of cyclic esters (lactones) is 1. The van der Waals surface area contributed by atoms with E-state index in [1.165, 1.54) is 28.9 Å². The highest BCUT2D eigenvalue weighted by Crippen LogP contribution is 2.28. The molecule has 1 aromatic carbocycles. The SMILES string of the molecule is [2H]C1([2H])CN(c2ccc(N3C[C@H](CNC(C)=O)OC3=O)cc2F)CC([2H])([2H])O1. The van der Waals surface area contributed by atoms with Crippen LogP contribution in [-0.4, -0.2) is 57.4 Å². The van der Waals surface area contributed by atoms with Crippen LogP contribution in [0.3, 0.4) is 0 Å². The average molecular weight is 341 g/mol. The lowest BCUT2D eigenvalue weighted by atomic mass is 10.2. The third-order valence-electron chi connectivity index (χ3n) is 3.69. The van der Waals surface area contributed by atoms with Crippen LogP contribution in [0.2, 0.25) is 0 Å². The molecule has 24 heavy (non-hydrogen) atoms. The van der Waals surface area contributed by atoms with Crippen molar-refractivity contribution < 1.29 is 28.9 Å². The van der Waals surface area contributed by atoms with E-state index in [2.05, 4.69) is 5.32 Å². The summed E-state index contributed by atoms with van der Waals surface area (Å²) < 4.78 is 55.3.